The second kappa shape index (κ2) is 9.36. The Morgan fingerprint density at radius 3 is 2.53 bits per heavy atom. The predicted molar refractivity (Wildman–Crippen MR) is 126 cm³/mol. The van der Waals surface area contributed by atoms with E-state index in [9.17, 15) is 4.79 Å². The molecule has 0 bridgehead atoms. The molecule has 8 heteroatoms. The molecule has 1 aromatic carbocycles. The number of ether oxygens (including phenoxy) is 2. The summed E-state index contributed by atoms with van der Waals surface area (Å²) in [5.74, 6) is 2.03. The highest BCUT2D eigenvalue weighted by atomic mass is 35.5. The molecule has 170 valence electrons. The van der Waals surface area contributed by atoms with E-state index in [1.165, 1.54) is 32.2 Å². The first-order chi connectivity index (χ1) is 15.4. The zero-order valence-electron chi connectivity index (χ0n) is 18.9. The van der Waals surface area contributed by atoms with Gasteiger partial charge in [0.05, 0.1) is 37.0 Å². The number of benzene rings is 1. The molecule has 0 atom stereocenters. The molecule has 2 heterocycles. The van der Waals surface area contributed by atoms with Crippen molar-refractivity contribution in [2.24, 2.45) is 11.8 Å². The van der Waals surface area contributed by atoms with Gasteiger partial charge >= 0.3 is 0 Å². The molecule has 0 spiro atoms. The van der Waals surface area contributed by atoms with E-state index < -0.39 is 0 Å². The molecule has 1 aliphatic rings. The van der Waals surface area contributed by atoms with Crippen molar-refractivity contribution in [3.05, 3.63) is 41.2 Å². The minimum Gasteiger partial charge on any atom is -0.494 e. The van der Waals surface area contributed by atoms with Gasteiger partial charge in [0.15, 0.2) is 0 Å². The number of hydrogen-bond acceptors (Lipinski definition) is 5. The van der Waals surface area contributed by atoms with Gasteiger partial charge in [-0.05, 0) is 49.7 Å². The normalized spacial score (nSPS) is 18.7. The van der Waals surface area contributed by atoms with Crippen LogP contribution in [-0.4, -0.2) is 34.9 Å². The van der Waals surface area contributed by atoms with Gasteiger partial charge in [0.1, 0.15) is 10.8 Å². The first-order valence-electron chi connectivity index (χ1n) is 11.0. The third kappa shape index (κ3) is 4.53. The van der Waals surface area contributed by atoms with E-state index in [0.29, 0.717) is 23.0 Å². The Hall–Kier alpha value is -2.80. The van der Waals surface area contributed by atoms with Crippen LogP contribution in [0.4, 0.5) is 5.69 Å². The minimum atomic E-state index is -0.334. The second-order valence-corrected chi connectivity index (χ2v) is 9.11. The molecule has 0 saturated heterocycles. The average molecular weight is 457 g/mol. The zero-order chi connectivity index (χ0) is 22.8. The highest BCUT2D eigenvalue weighted by Crippen LogP contribution is 2.37. The van der Waals surface area contributed by atoms with E-state index in [0.717, 1.165) is 35.6 Å². The number of nitrogens with one attached hydrogen (secondary N) is 1. The van der Waals surface area contributed by atoms with E-state index in [4.69, 9.17) is 26.2 Å². The van der Waals surface area contributed by atoms with Crippen molar-refractivity contribution in [2.45, 2.75) is 45.6 Å². The number of nitrogens with zero attached hydrogens (tertiary/aromatic N) is 3. The number of amides is 1. The van der Waals surface area contributed by atoms with E-state index >= 15 is 0 Å². The fourth-order valence-corrected chi connectivity index (χ4v) is 4.70. The van der Waals surface area contributed by atoms with Crippen LogP contribution in [0.15, 0.2) is 30.6 Å². The van der Waals surface area contributed by atoms with Crippen LogP contribution in [0.1, 0.15) is 55.9 Å². The van der Waals surface area contributed by atoms with Gasteiger partial charge in [0.2, 0.25) is 5.88 Å². The maximum absolute atomic E-state index is 12.8. The van der Waals surface area contributed by atoms with Gasteiger partial charge in [0, 0.05) is 23.8 Å². The average Bonchev–Trinajstić information content (AvgIpc) is 3.21. The van der Waals surface area contributed by atoms with Crippen molar-refractivity contribution in [3.63, 3.8) is 0 Å². The molecule has 2 aromatic heterocycles. The Labute approximate surface area is 193 Å². The lowest BCUT2D eigenvalue weighted by molar-refractivity contribution is 0.102. The summed E-state index contributed by atoms with van der Waals surface area (Å²) in [5, 5.41) is 8.94. The van der Waals surface area contributed by atoms with Crippen LogP contribution < -0.4 is 14.8 Å². The lowest BCUT2D eigenvalue weighted by atomic mass is 9.80. The number of aromatic nitrogens is 3. The van der Waals surface area contributed by atoms with Gasteiger partial charge in [0.25, 0.3) is 5.91 Å². The Morgan fingerprint density at radius 2 is 1.91 bits per heavy atom. The molecule has 32 heavy (non-hydrogen) atoms. The molecule has 1 amide bonds. The Kier molecular flexibility index (Phi) is 6.55. The minimum absolute atomic E-state index is 0.274. The summed E-state index contributed by atoms with van der Waals surface area (Å²) in [5.41, 5.74) is 1.75. The molecule has 0 aliphatic heterocycles. The molecular weight excluding hydrogens is 428 g/mol. The van der Waals surface area contributed by atoms with Gasteiger partial charge in [-0.1, -0.05) is 25.4 Å². The molecule has 1 aliphatic carbocycles. The second-order valence-electron chi connectivity index (χ2n) is 8.70. The summed E-state index contributed by atoms with van der Waals surface area (Å²) in [4.78, 5) is 16.8. The summed E-state index contributed by atoms with van der Waals surface area (Å²) in [6, 6.07) is 5.70. The predicted octanol–water partition coefficient (Wildman–Crippen LogP) is 5.74. The van der Waals surface area contributed by atoms with E-state index in [1.807, 2.05) is 12.1 Å². The number of hydrogen-bond donors (Lipinski definition) is 1. The lowest BCUT2D eigenvalue weighted by Gasteiger charge is -2.30. The standard InChI is InChI=1S/C24H29ClN4O3/c1-14(2)15-5-7-18(8-6-15)29-13-17-10-21(22(31-3)11-20(17)28-29)27-23(30)16-9-19(25)24(32-4)26-12-16/h9-15,18H,5-8H2,1-4H3,(H,27,30). The monoisotopic (exact) mass is 456 g/mol. The van der Waals surface area contributed by atoms with Crippen LogP contribution in [0.2, 0.25) is 5.02 Å². The van der Waals surface area contributed by atoms with Gasteiger partial charge in [-0.2, -0.15) is 5.10 Å². The molecule has 4 rings (SSSR count). The summed E-state index contributed by atoms with van der Waals surface area (Å²) < 4.78 is 12.7. The topological polar surface area (TPSA) is 78.3 Å². The fourth-order valence-electron chi connectivity index (χ4n) is 4.45. The maximum atomic E-state index is 12.8. The number of methoxy groups -OCH3 is 2. The van der Waals surface area contributed by atoms with Gasteiger partial charge in [-0.25, -0.2) is 4.98 Å². The molecule has 3 aromatic rings. The van der Waals surface area contributed by atoms with Crippen molar-refractivity contribution < 1.29 is 14.3 Å². The van der Waals surface area contributed by atoms with E-state index in [1.54, 1.807) is 7.11 Å². The number of halogens is 1. The fraction of sp³-hybridized carbons (Fsp3) is 0.458. The van der Waals surface area contributed by atoms with Gasteiger partial charge < -0.3 is 14.8 Å². The molecule has 1 fully saturated rings. The largest absolute Gasteiger partial charge is 0.494 e. The summed E-state index contributed by atoms with van der Waals surface area (Å²) in [7, 11) is 3.05. The van der Waals surface area contributed by atoms with Crippen molar-refractivity contribution in [1.82, 2.24) is 14.8 Å². The summed E-state index contributed by atoms with van der Waals surface area (Å²) >= 11 is 6.11. The van der Waals surface area contributed by atoms with E-state index in [-0.39, 0.29) is 16.8 Å². The molecule has 0 unspecified atom stereocenters. The maximum Gasteiger partial charge on any atom is 0.257 e. The van der Waals surface area contributed by atoms with Crippen LogP contribution in [0.5, 0.6) is 11.6 Å². The number of rotatable bonds is 6. The van der Waals surface area contributed by atoms with Crippen LogP contribution in [-0.2, 0) is 0 Å². The highest BCUT2D eigenvalue weighted by molar-refractivity contribution is 6.32. The SMILES string of the molecule is COc1cc2nn(C3CCC(C(C)C)CC3)cc2cc1NC(=O)c1cnc(OC)c(Cl)c1. The van der Waals surface area contributed by atoms with Crippen LogP contribution in [0.3, 0.4) is 0 Å². The number of carbonyl (C=O) groups is 1. The molecule has 7 nitrogen and oxygen atoms in total. The van der Waals surface area contributed by atoms with Crippen molar-refractivity contribution in [1.29, 1.82) is 0 Å². The molecule has 1 N–H and O–H groups in total. The van der Waals surface area contributed by atoms with Gasteiger partial charge in [-0.15, -0.1) is 0 Å². The summed E-state index contributed by atoms with van der Waals surface area (Å²) in [6.45, 7) is 4.62. The van der Waals surface area contributed by atoms with Crippen LogP contribution in [0, 0.1) is 11.8 Å². The zero-order valence-corrected chi connectivity index (χ0v) is 19.6. The quantitative estimate of drug-likeness (QED) is 0.511. The van der Waals surface area contributed by atoms with Gasteiger partial charge in [-0.3, -0.25) is 9.48 Å². The Morgan fingerprint density at radius 1 is 1.16 bits per heavy atom. The van der Waals surface area contributed by atoms with Crippen LogP contribution in [0.25, 0.3) is 10.9 Å². The Balaban J connectivity index is 1.56. The number of fused-ring (bicyclic) bond motifs is 1. The summed E-state index contributed by atoms with van der Waals surface area (Å²) in [6.07, 6.45) is 8.25. The van der Waals surface area contributed by atoms with Crippen molar-refractivity contribution in [2.75, 3.05) is 19.5 Å². The number of carbonyl (C=O) groups excluding carboxylic acids is 1. The van der Waals surface area contributed by atoms with Crippen LogP contribution >= 0.6 is 11.6 Å². The molecule has 0 radical (unpaired) electrons. The third-order valence-corrected chi connectivity index (χ3v) is 6.68. The van der Waals surface area contributed by atoms with Crippen molar-refractivity contribution >= 4 is 34.1 Å². The third-order valence-electron chi connectivity index (χ3n) is 6.41. The smallest absolute Gasteiger partial charge is 0.257 e. The highest BCUT2D eigenvalue weighted by Gasteiger charge is 2.25. The first kappa shape index (κ1) is 22.4. The van der Waals surface area contributed by atoms with Crippen molar-refractivity contribution in [3.8, 4) is 11.6 Å². The molecular formula is C24H29ClN4O3. The number of anilines is 1. The number of pyridine rings is 1. The lowest BCUT2D eigenvalue weighted by Crippen LogP contribution is -2.21. The molecule has 1 saturated carbocycles. The van der Waals surface area contributed by atoms with E-state index in [2.05, 4.69) is 35.0 Å². The Bertz CT molecular complexity index is 1120. The first-order valence-corrected chi connectivity index (χ1v) is 11.3.